The highest BCUT2D eigenvalue weighted by atomic mass is 16.3. The van der Waals surface area contributed by atoms with Crippen LogP contribution in [0.15, 0.2) is 12.7 Å². The quantitative estimate of drug-likeness (QED) is 0.547. The first-order valence-electron chi connectivity index (χ1n) is 3.97. The van der Waals surface area contributed by atoms with Gasteiger partial charge in [0.25, 0.3) is 0 Å². The molecule has 0 radical (unpaired) electrons. The van der Waals surface area contributed by atoms with Crippen LogP contribution >= 0.6 is 0 Å². The van der Waals surface area contributed by atoms with Gasteiger partial charge in [0.1, 0.15) is 25.3 Å². The summed E-state index contributed by atoms with van der Waals surface area (Å²) >= 11 is 0. The predicted octanol–water partition coefficient (Wildman–Crippen LogP) is -0.941. The third-order valence-corrected chi connectivity index (χ3v) is 1.84. The largest absolute Gasteiger partial charge is 0.376 e. The maximum Gasteiger partial charge on any atom is 0.182 e. The Morgan fingerprint density at radius 1 is 1.21 bits per heavy atom. The van der Waals surface area contributed by atoms with Gasteiger partial charge in [-0.2, -0.15) is 0 Å². The molecule has 14 heavy (non-hydrogen) atoms. The highest BCUT2D eigenvalue weighted by Crippen LogP contribution is 2.17. The predicted molar refractivity (Wildman–Crippen MR) is 48.3 cm³/mol. The van der Waals surface area contributed by atoms with Gasteiger partial charge in [0.2, 0.25) is 0 Å². The lowest BCUT2D eigenvalue weighted by molar-refractivity contribution is 0.222. The number of hydrogen-bond acceptors (Lipinski definition) is 6. The summed E-state index contributed by atoms with van der Waals surface area (Å²) < 4.78 is 0. The van der Waals surface area contributed by atoms with Gasteiger partial charge in [-0.25, -0.2) is 15.0 Å². The number of rotatable bonds is 3. The van der Waals surface area contributed by atoms with Crippen molar-refractivity contribution in [2.75, 3.05) is 18.4 Å². The Kier molecular flexibility index (Phi) is 2.25. The van der Waals surface area contributed by atoms with Gasteiger partial charge in [-0.15, -0.1) is 0 Å². The number of nitrogens with one attached hydrogen (secondary N) is 1. The molecule has 2 aromatic rings. The maximum atomic E-state index is 8.95. The van der Waals surface area contributed by atoms with E-state index in [4.69, 9.17) is 10.2 Å². The summed E-state index contributed by atoms with van der Waals surface area (Å²) in [5.41, 5.74) is 1.09. The minimum Gasteiger partial charge on any atom is -0.376 e. The molecule has 0 saturated heterocycles. The molecule has 7 nitrogen and oxygen atoms in total. The molecular formula is C7H9N5O2. The number of aromatic amines is 1. The van der Waals surface area contributed by atoms with Gasteiger partial charge in [0.15, 0.2) is 11.5 Å². The summed E-state index contributed by atoms with van der Waals surface area (Å²) in [5.74, 6) is 0.428. The Morgan fingerprint density at radius 3 is 2.71 bits per heavy atom. The number of aliphatic hydroxyl groups is 2. The lowest BCUT2D eigenvalue weighted by Crippen LogP contribution is -2.26. The van der Waals surface area contributed by atoms with E-state index in [1.54, 1.807) is 0 Å². The van der Waals surface area contributed by atoms with Crippen molar-refractivity contribution in [1.82, 2.24) is 19.9 Å². The Hall–Kier alpha value is -1.73. The molecule has 0 aromatic carbocycles. The van der Waals surface area contributed by atoms with Gasteiger partial charge in [0.05, 0.1) is 6.33 Å². The molecule has 2 aromatic heterocycles. The molecule has 0 aliphatic rings. The third kappa shape index (κ3) is 1.28. The second-order valence-corrected chi connectivity index (χ2v) is 2.62. The van der Waals surface area contributed by atoms with Crippen molar-refractivity contribution < 1.29 is 10.2 Å². The number of nitrogens with zero attached hydrogens (tertiary/aromatic N) is 4. The molecule has 0 saturated carbocycles. The van der Waals surface area contributed by atoms with Crippen LogP contribution in [0.4, 0.5) is 5.82 Å². The highest BCUT2D eigenvalue weighted by molar-refractivity contribution is 5.82. The normalized spacial score (nSPS) is 10.7. The van der Waals surface area contributed by atoms with Crippen molar-refractivity contribution in [3.05, 3.63) is 12.7 Å². The van der Waals surface area contributed by atoms with E-state index in [0.29, 0.717) is 17.0 Å². The van der Waals surface area contributed by atoms with E-state index in [9.17, 15) is 0 Å². The first kappa shape index (κ1) is 8.85. The molecule has 0 bridgehead atoms. The number of fused-ring (bicyclic) bond motifs is 1. The minimum atomic E-state index is -0.318. The number of aromatic nitrogens is 4. The maximum absolute atomic E-state index is 8.95. The Balaban J connectivity index is 2.54. The molecule has 74 valence electrons. The lowest BCUT2D eigenvalue weighted by Gasteiger charge is -2.17. The van der Waals surface area contributed by atoms with E-state index in [1.807, 2.05) is 0 Å². The SMILES string of the molecule is OCN(CO)c1ncnc2nc[nH]c12. The van der Waals surface area contributed by atoms with E-state index in [0.717, 1.165) is 0 Å². The molecule has 0 amide bonds. The molecule has 0 aliphatic heterocycles. The van der Waals surface area contributed by atoms with Crippen LogP contribution < -0.4 is 4.90 Å². The van der Waals surface area contributed by atoms with Gasteiger partial charge < -0.3 is 20.1 Å². The van der Waals surface area contributed by atoms with Crippen molar-refractivity contribution in [1.29, 1.82) is 0 Å². The van der Waals surface area contributed by atoms with Crippen molar-refractivity contribution in [2.45, 2.75) is 0 Å². The van der Waals surface area contributed by atoms with Gasteiger partial charge in [0, 0.05) is 0 Å². The van der Waals surface area contributed by atoms with Crippen LogP contribution in [0.5, 0.6) is 0 Å². The zero-order chi connectivity index (χ0) is 9.97. The first-order valence-corrected chi connectivity index (χ1v) is 3.97. The molecule has 2 heterocycles. The summed E-state index contributed by atoms with van der Waals surface area (Å²) in [4.78, 5) is 15.9. The van der Waals surface area contributed by atoms with Crippen LogP contribution in [-0.2, 0) is 0 Å². The molecule has 0 unspecified atom stereocenters. The van der Waals surface area contributed by atoms with Crippen LogP contribution in [0.1, 0.15) is 0 Å². The summed E-state index contributed by atoms with van der Waals surface area (Å²) in [7, 11) is 0. The Labute approximate surface area is 79.1 Å². The van der Waals surface area contributed by atoms with Crippen molar-refractivity contribution in [3.8, 4) is 0 Å². The van der Waals surface area contributed by atoms with E-state index in [1.165, 1.54) is 17.6 Å². The Morgan fingerprint density at radius 2 is 2.00 bits per heavy atom. The van der Waals surface area contributed by atoms with Crippen LogP contribution in [-0.4, -0.2) is 43.6 Å². The van der Waals surface area contributed by atoms with Gasteiger partial charge >= 0.3 is 0 Å². The summed E-state index contributed by atoms with van der Waals surface area (Å²) in [6.07, 6.45) is 2.81. The summed E-state index contributed by atoms with van der Waals surface area (Å²) in [5, 5.41) is 17.9. The molecule has 0 fully saturated rings. The minimum absolute atomic E-state index is 0.318. The van der Waals surface area contributed by atoms with Crippen molar-refractivity contribution in [2.24, 2.45) is 0 Å². The second-order valence-electron chi connectivity index (χ2n) is 2.62. The van der Waals surface area contributed by atoms with Gasteiger partial charge in [-0.1, -0.05) is 0 Å². The number of hydrogen-bond donors (Lipinski definition) is 3. The van der Waals surface area contributed by atoms with E-state index < -0.39 is 0 Å². The third-order valence-electron chi connectivity index (χ3n) is 1.84. The number of H-pyrrole nitrogens is 1. The van der Waals surface area contributed by atoms with Crippen LogP contribution in [0, 0.1) is 0 Å². The smallest absolute Gasteiger partial charge is 0.182 e. The molecule has 2 rings (SSSR count). The second kappa shape index (κ2) is 3.56. The summed E-state index contributed by atoms with van der Waals surface area (Å²) in [6.45, 7) is -0.636. The van der Waals surface area contributed by atoms with E-state index in [-0.39, 0.29) is 13.5 Å². The standard InChI is InChI=1S/C7H9N5O2/c13-3-12(4-14)7-5-6(9-1-8-5)10-2-11-7/h1-2,13-14H,3-4H2,(H,8,9,10,11). The average molecular weight is 195 g/mol. The van der Waals surface area contributed by atoms with Crippen molar-refractivity contribution in [3.63, 3.8) is 0 Å². The topological polar surface area (TPSA) is 98.2 Å². The molecule has 7 heteroatoms. The zero-order valence-corrected chi connectivity index (χ0v) is 7.25. The molecule has 0 atom stereocenters. The van der Waals surface area contributed by atoms with E-state index in [2.05, 4.69) is 19.9 Å². The van der Waals surface area contributed by atoms with Crippen LogP contribution in [0.2, 0.25) is 0 Å². The lowest BCUT2D eigenvalue weighted by atomic mass is 10.4. The molecular weight excluding hydrogens is 186 g/mol. The number of anilines is 1. The van der Waals surface area contributed by atoms with Gasteiger partial charge in [-0.05, 0) is 0 Å². The number of imidazole rings is 1. The van der Waals surface area contributed by atoms with E-state index >= 15 is 0 Å². The number of aliphatic hydroxyl groups excluding tert-OH is 2. The molecule has 0 spiro atoms. The van der Waals surface area contributed by atoms with Gasteiger partial charge in [-0.3, -0.25) is 0 Å². The van der Waals surface area contributed by atoms with Crippen LogP contribution in [0.25, 0.3) is 11.2 Å². The molecule has 0 aliphatic carbocycles. The fourth-order valence-electron chi connectivity index (χ4n) is 1.17. The van der Waals surface area contributed by atoms with Crippen molar-refractivity contribution >= 4 is 17.0 Å². The average Bonchev–Trinajstić information content (AvgIpc) is 2.68. The zero-order valence-electron chi connectivity index (χ0n) is 7.25. The first-order chi connectivity index (χ1) is 6.86. The fourth-order valence-corrected chi connectivity index (χ4v) is 1.17. The highest BCUT2D eigenvalue weighted by Gasteiger charge is 2.11. The molecule has 3 N–H and O–H groups in total. The fraction of sp³-hybridized carbons (Fsp3) is 0.286. The monoisotopic (exact) mass is 195 g/mol. The summed E-state index contributed by atoms with van der Waals surface area (Å²) in [6, 6.07) is 0. The Bertz CT molecular complexity index is 425. The van der Waals surface area contributed by atoms with Crippen LogP contribution in [0.3, 0.4) is 0 Å².